The van der Waals surface area contributed by atoms with Gasteiger partial charge in [0.1, 0.15) is 5.82 Å². The zero-order valence-electron chi connectivity index (χ0n) is 10.8. The van der Waals surface area contributed by atoms with Crippen LogP contribution in [0.3, 0.4) is 0 Å². The van der Waals surface area contributed by atoms with Crippen LogP contribution < -0.4 is 5.73 Å². The van der Waals surface area contributed by atoms with Crippen molar-refractivity contribution in [3.63, 3.8) is 0 Å². The van der Waals surface area contributed by atoms with Crippen LogP contribution in [0.25, 0.3) is 5.52 Å². The van der Waals surface area contributed by atoms with Gasteiger partial charge in [0.25, 0.3) is 0 Å². The fraction of sp³-hybridized carbons (Fsp3) is 0.500. The summed E-state index contributed by atoms with van der Waals surface area (Å²) in [5, 5.41) is 0. The third kappa shape index (κ3) is 2.02. The molecule has 2 N–H and O–H groups in total. The van der Waals surface area contributed by atoms with Crippen LogP contribution in [0.4, 0.5) is 0 Å². The van der Waals surface area contributed by atoms with Gasteiger partial charge in [0.05, 0.1) is 11.7 Å². The third-order valence-electron chi connectivity index (χ3n) is 3.94. The molecule has 3 heterocycles. The first kappa shape index (κ1) is 11.7. The molecule has 4 nitrogen and oxygen atoms in total. The summed E-state index contributed by atoms with van der Waals surface area (Å²) < 4.78 is 2.22. The summed E-state index contributed by atoms with van der Waals surface area (Å²) in [5.74, 6) is 1.80. The van der Waals surface area contributed by atoms with Crippen LogP contribution in [-0.2, 0) is 6.54 Å². The van der Waals surface area contributed by atoms with Crippen molar-refractivity contribution >= 4 is 5.52 Å². The highest BCUT2D eigenvalue weighted by molar-refractivity contribution is 5.48. The lowest BCUT2D eigenvalue weighted by atomic mass is 9.96. The fourth-order valence-corrected chi connectivity index (χ4v) is 2.76. The maximum absolute atomic E-state index is 5.67. The minimum absolute atomic E-state index is 0.589. The van der Waals surface area contributed by atoms with E-state index in [-0.39, 0.29) is 0 Å². The van der Waals surface area contributed by atoms with Gasteiger partial charge in [-0.1, -0.05) is 0 Å². The van der Waals surface area contributed by atoms with E-state index < -0.39 is 0 Å². The number of nitrogens with two attached hydrogens (primary N) is 1. The van der Waals surface area contributed by atoms with Gasteiger partial charge in [0.2, 0.25) is 0 Å². The van der Waals surface area contributed by atoms with Gasteiger partial charge in [-0.05, 0) is 50.7 Å². The Morgan fingerprint density at radius 1 is 1.39 bits per heavy atom. The lowest BCUT2D eigenvalue weighted by molar-refractivity contribution is 0.251. The van der Waals surface area contributed by atoms with Crippen LogP contribution in [0, 0.1) is 0 Å². The number of hydrogen-bond donors (Lipinski definition) is 1. The van der Waals surface area contributed by atoms with E-state index in [1.165, 1.54) is 31.8 Å². The number of rotatable bonds is 2. The molecule has 0 aliphatic carbocycles. The second kappa shape index (κ2) is 4.71. The van der Waals surface area contributed by atoms with E-state index in [1.54, 1.807) is 0 Å². The smallest absolute Gasteiger partial charge is 0.116 e. The normalized spacial score (nSPS) is 18.6. The average molecular weight is 244 g/mol. The summed E-state index contributed by atoms with van der Waals surface area (Å²) in [5.41, 5.74) is 7.99. The molecule has 1 aliphatic heterocycles. The number of imidazole rings is 1. The minimum atomic E-state index is 0.589. The van der Waals surface area contributed by atoms with Gasteiger partial charge in [-0.15, -0.1) is 0 Å². The van der Waals surface area contributed by atoms with Gasteiger partial charge < -0.3 is 15.0 Å². The van der Waals surface area contributed by atoms with Gasteiger partial charge >= 0.3 is 0 Å². The second-order valence-corrected chi connectivity index (χ2v) is 5.23. The molecule has 2 aromatic rings. The summed E-state index contributed by atoms with van der Waals surface area (Å²) in [4.78, 5) is 7.01. The van der Waals surface area contributed by atoms with Gasteiger partial charge in [-0.2, -0.15) is 0 Å². The number of nitrogens with zero attached hydrogens (tertiary/aromatic N) is 3. The molecular weight excluding hydrogens is 224 g/mol. The van der Waals surface area contributed by atoms with E-state index in [0.29, 0.717) is 12.5 Å². The van der Waals surface area contributed by atoms with Crippen molar-refractivity contribution in [2.45, 2.75) is 25.3 Å². The molecule has 0 atom stereocenters. The molecule has 4 heteroatoms. The molecule has 0 saturated carbocycles. The first-order chi connectivity index (χ1) is 8.78. The van der Waals surface area contributed by atoms with Crippen molar-refractivity contribution in [2.75, 3.05) is 20.1 Å². The van der Waals surface area contributed by atoms with E-state index in [0.717, 1.165) is 11.1 Å². The van der Waals surface area contributed by atoms with Gasteiger partial charge in [0.15, 0.2) is 0 Å². The molecule has 1 aliphatic rings. The van der Waals surface area contributed by atoms with Crippen LogP contribution in [0.2, 0.25) is 0 Å². The topological polar surface area (TPSA) is 46.6 Å². The fourth-order valence-electron chi connectivity index (χ4n) is 2.76. The van der Waals surface area contributed by atoms with E-state index in [2.05, 4.69) is 39.7 Å². The summed E-state index contributed by atoms with van der Waals surface area (Å²) in [7, 11) is 2.19. The Morgan fingerprint density at radius 2 is 2.17 bits per heavy atom. The highest BCUT2D eigenvalue weighted by Gasteiger charge is 2.21. The molecule has 1 fully saturated rings. The monoisotopic (exact) mass is 244 g/mol. The summed E-state index contributed by atoms with van der Waals surface area (Å²) in [6.07, 6.45) is 6.48. The Balaban J connectivity index is 1.93. The predicted molar refractivity (Wildman–Crippen MR) is 72.6 cm³/mol. The third-order valence-corrected chi connectivity index (χ3v) is 3.94. The number of hydrogen-bond acceptors (Lipinski definition) is 3. The lowest BCUT2D eigenvalue weighted by Gasteiger charge is -2.28. The number of pyridine rings is 1. The van der Waals surface area contributed by atoms with E-state index in [1.807, 2.05) is 6.20 Å². The quantitative estimate of drug-likeness (QED) is 0.873. The van der Waals surface area contributed by atoms with Gasteiger partial charge in [0, 0.05) is 18.7 Å². The van der Waals surface area contributed by atoms with Crippen molar-refractivity contribution in [2.24, 2.45) is 5.73 Å². The molecule has 0 amide bonds. The standard InChI is InChI=1S/C14H20N4/c1-17-5-3-12(4-6-17)14-16-10-13-8-11(9-15)2-7-18(13)14/h2,7-8,10,12H,3-6,9,15H2,1H3. The SMILES string of the molecule is CN1CCC(c2ncc3cc(CN)ccn23)CC1. The van der Waals surface area contributed by atoms with Crippen molar-refractivity contribution in [3.8, 4) is 0 Å². The van der Waals surface area contributed by atoms with E-state index in [9.17, 15) is 0 Å². The highest BCUT2D eigenvalue weighted by atomic mass is 15.1. The second-order valence-electron chi connectivity index (χ2n) is 5.23. The van der Waals surface area contributed by atoms with Gasteiger partial charge in [-0.25, -0.2) is 4.98 Å². The maximum Gasteiger partial charge on any atom is 0.116 e. The van der Waals surface area contributed by atoms with E-state index in [4.69, 9.17) is 5.73 Å². The molecule has 2 aromatic heterocycles. The first-order valence-corrected chi connectivity index (χ1v) is 6.62. The van der Waals surface area contributed by atoms with Crippen molar-refractivity contribution in [3.05, 3.63) is 35.9 Å². The molecule has 96 valence electrons. The molecule has 0 aromatic carbocycles. The molecule has 0 spiro atoms. The summed E-state index contributed by atoms with van der Waals surface area (Å²) in [6.45, 7) is 2.92. The Labute approximate surface area is 107 Å². The Bertz CT molecular complexity index is 538. The van der Waals surface area contributed by atoms with E-state index >= 15 is 0 Å². The predicted octanol–water partition coefficient (Wildman–Crippen LogP) is 1.60. The molecule has 0 bridgehead atoms. The zero-order chi connectivity index (χ0) is 12.5. The maximum atomic E-state index is 5.67. The average Bonchev–Trinajstić information content (AvgIpc) is 2.82. The van der Waals surface area contributed by atoms with Crippen molar-refractivity contribution < 1.29 is 0 Å². The molecule has 0 radical (unpaired) electrons. The molecule has 18 heavy (non-hydrogen) atoms. The summed E-state index contributed by atoms with van der Waals surface area (Å²) in [6, 6.07) is 4.22. The van der Waals surface area contributed by atoms with Crippen molar-refractivity contribution in [1.82, 2.24) is 14.3 Å². The molecule has 3 rings (SSSR count). The lowest BCUT2D eigenvalue weighted by Crippen LogP contribution is -2.29. The molecule has 1 saturated heterocycles. The summed E-state index contributed by atoms with van der Waals surface area (Å²) >= 11 is 0. The zero-order valence-corrected chi connectivity index (χ0v) is 10.8. The minimum Gasteiger partial charge on any atom is -0.326 e. The number of fused-ring (bicyclic) bond motifs is 1. The van der Waals surface area contributed by atoms with Crippen LogP contribution >= 0.6 is 0 Å². The van der Waals surface area contributed by atoms with Crippen molar-refractivity contribution in [1.29, 1.82) is 0 Å². The first-order valence-electron chi connectivity index (χ1n) is 6.62. The Kier molecular flexibility index (Phi) is 3.06. The Morgan fingerprint density at radius 3 is 2.89 bits per heavy atom. The van der Waals surface area contributed by atoms with Gasteiger partial charge in [-0.3, -0.25) is 0 Å². The largest absolute Gasteiger partial charge is 0.326 e. The number of aromatic nitrogens is 2. The van der Waals surface area contributed by atoms with Crippen LogP contribution in [-0.4, -0.2) is 34.4 Å². The molecule has 0 unspecified atom stereocenters. The molecular formula is C14H20N4. The highest BCUT2D eigenvalue weighted by Crippen LogP contribution is 2.27. The van der Waals surface area contributed by atoms with Crippen LogP contribution in [0.1, 0.15) is 30.1 Å². The number of piperidine rings is 1. The van der Waals surface area contributed by atoms with Crippen LogP contribution in [0.5, 0.6) is 0 Å². The number of likely N-dealkylation sites (tertiary alicyclic amines) is 1. The Hall–Kier alpha value is -1.39. The van der Waals surface area contributed by atoms with Crippen LogP contribution in [0.15, 0.2) is 24.5 Å².